The van der Waals surface area contributed by atoms with Gasteiger partial charge in [-0.2, -0.15) is 0 Å². The minimum atomic E-state index is -0.462. The third kappa shape index (κ3) is 5.51. The molecular formula is C23H24N6O3. The van der Waals surface area contributed by atoms with Gasteiger partial charge in [-0.1, -0.05) is 17.7 Å². The van der Waals surface area contributed by atoms with Crippen molar-refractivity contribution in [2.45, 2.75) is 13.8 Å². The van der Waals surface area contributed by atoms with Crippen LogP contribution in [0.2, 0.25) is 0 Å². The fraction of sp³-hybridized carbons (Fsp3) is 0.217. The number of aromatic nitrogens is 2. The van der Waals surface area contributed by atoms with Gasteiger partial charge in [-0.25, -0.2) is 14.8 Å². The molecule has 9 nitrogen and oxygen atoms in total. The molecule has 0 radical (unpaired) electrons. The second-order valence-electron chi connectivity index (χ2n) is 7.46. The lowest BCUT2D eigenvalue weighted by Gasteiger charge is -2.13. The van der Waals surface area contributed by atoms with Crippen molar-refractivity contribution in [3.05, 3.63) is 66.0 Å². The van der Waals surface area contributed by atoms with Crippen LogP contribution < -0.4 is 16.0 Å². The van der Waals surface area contributed by atoms with Crippen molar-refractivity contribution in [1.29, 1.82) is 0 Å². The van der Waals surface area contributed by atoms with Crippen LogP contribution in [0.4, 0.5) is 33.5 Å². The first kappa shape index (κ1) is 21.1. The van der Waals surface area contributed by atoms with Crippen molar-refractivity contribution in [3.63, 3.8) is 0 Å². The Hall–Kier alpha value is -4.14. The molecule has 1 saturated heterocycles. The minimum Gasteiger partial charge on any atom is -0.448 e. The number of nitrogens with one attached hydrogen (secondary N) is 3. The van der Waals surface area contributed by atoms with Gasteiger partial charge in [0.2, 0.25) is 5.91 Å². The van der Waals surface area contributed by atoms with Crippen LogP contribution in [0.25, 0.3) is 0 Å². The van der Waals surface area contributed by atoms with E-state index in [0.29, 0.717) is 36.3 Å². The molecule has 1 aromatic heterocycles. The zero-order chi connectivity index (χ0) is 22.5. The predicted octanol–water partition coefficient (Wildman–Crippen LogP) is 3.97. The molecule has 2 amide bonds. The van der Waals surface area contributed by atoms with Crippen LogP contribution in [0, 0.1) is 13.8 Å². The number of hydrogen-bond donors (Lipinski definition) is 3. The van der Waals surface area contributed by atoms with Crippen LogP contribution >= 0.6 is 0 Å². The minimum absolute atomic E-state index is 0.0319. The highest BCUT2D eigenvalue weighted by atomic mass is 16.6. The maximum Gasteiger partial charge on any atom is 0.410 e. The lowest BCUT2D eigenvalue weighted by atomic mass is 10.2. The number of amides is 2. The highest BCUT2D eigenvalue weighted by Gasteiger charge is 2.24. The van der Waals surface area contributed by atoms with Gasteiger partial charge in [-0.05, 0) is 50.2 Å². The fourth-order valence-electron chi connectivity index (χ4n) is 3.21. The first-order valence-corrected chi connectivity index (χ1v) is 10.2. The van der Waals surface area contributed by atoms with Gasteiger partial charge < -0.3 is 20.7 Å². The van der Waals surface area contributed by atoms with Gasteiger partial charge in [-0.3, -0.25) is 9.69 Å². The number of anilines is 5. The SMILES string of the molecule is Cc1ccc(Nc2cc(Nc3ccc(NC(=O)CN4CCOC4=O)cc3)nc(C)n2)cc1. The molecule has 3 N–H and O–H groups in total. The number of carbonyl (C=O) groups excluding carboxylic acids is 2. The van der Waals surface area contributed by atoms with Crippen LogP contribution in [-0.4, -0.2) is 46.6 Å². The van der Waals surface area contributed by atoms with E-state index in [0.717, 1.165) is 11.4 Å². The lowest BCUT2D eigenvalue weighted by molar-refractivity contribution is -0.116. The number of benzene rings is 2. The van der Waals surface area contributed by atoms with Crippen molar-refractivity contribution < 1.29 is 14.3 Å². The zero-order valence-corrected chi connectivity index (χ0v) is 17.9. The molecule has 0 atom stereocenters. The predicted molar refractivity (Wildman–Crippen MR) is 123 cm³/mol. The molecule has 0 aliphatic carbocycles. The Balaban J connectivity index is 1.37. The Morgan fingerprint density at radius 1 is 0.938 bits per heavy atom. The van der Waals surface area contributed by atoms with Crippen molar-refractivity contribution >= 4 is 40.7 Å². The smallest absolute Gasteiger partial charge is 0.410 e. The monoisotopic (exact) mass is 432 g/mol. The van der Waals surface area contributed by atoms with Crippen molar-refractivity contribution in [3.8, 4) is 0 Å². The number of cyclic esters (lactones) is 1. The Morgan fingerprint density at radius 3 is 2.06 bits per heavy atom. The Labute approximate surface area is 185 Å². The molecule has 1 aliphatic heterocycles. The highest BCUT2D eigenvalue weighted by Crippen LogP contribution is 2.22. The molecule has 0 bridgehead atoms. The van der Waals surface area contributed by atoms with E-state index >= 15 is 0 Å². The van der Waals surface area contributed by atoms with E-state index in [1.54, 1.807) is 12.1 Å². The standard InChI is InChI=1S/C23H24N6O3/c1-15-3-5-17(6-4-15)26-20-13-21(25-16(2)24-20)27-18-7-9-19(10-8-18)28-22(30)14-29-11-12-32-23(29)31/h3-10,13H,11-12,14H2,1-2H3,(H,28,30)(H2,24,25,26,27). The second-order valence-corrected chi connectivity index (χ2v) is 7.46. The van der Waals surface area contributed by atoms with Crippen LogP contribution in [0.5, 0.6) is 0 Å². The maximum atomic E-state index is 12.1. The van der Waals surface area contributed by atoms with Gasteiger partial charge in [0.1, 0.15) is 30.6 Å². The van der Waals surface area contributed by atoms with E-state index in [-0.39, 0.29) is 12.5 Å². The van der Waals surface area contributed by atoms with Crippen LogP contribution in [-0.2, 0) is 9.53 Å². The van der Waals surface area contributed by atoms with Crippen LogP contribution in [0.15, 0.2) is 54.6 Å². The van der Waals surface area contributed by atoms with Crippen LogP contribution in [0.1, 0.15) is 11.4 Å². The van der Waals surface area contributed by atoms with Gasteiger partial charge in [0.05, 0.1) is 6.54 Å². The largest absolute Gasteiger partial charge is 0.448 e. The summed E-state index contributed by atoms with van der Waals surface area (Å²) in [5.41, 5.74) is 3.58. The molecule has 1 fully saturated rings. The molecule has 0 spiro atoms. The van der Waals surface area contributed by atoms with Gasteiger partial charge >= 0.3 is 6.09 Å². The molecule has 2 heterocycles. The molecule has 164 valence electrons. The van der Waals surface area contributed by atoms with E-state index < -0.39 is 6.09 Å². The third-order valence-corrected chi connectivity index (χ3v) is 4.78. The summed E-state index contributed by atoms with van der Waals surface area (Å²) in [6, 6.07) is 17.1. The van der Waals surface area contributed by atoms with Crippen molar-refractivity contribution in [2.24, 2.45) is 0 Å². The highest BCUT2D eigenvalue weighted by molar-refractivity contribution is 5.94. The van der Waals surface area contributed by atoms with Gasteiger partial charge in [-0.15, -0.1) is 0 Å². The quantitative estimate of drug-likeness (QED) is 0.518. The normalized spacial score (nSPS) is 12.9. The van der Waals surface area contributed by atoms with Crippen molar-refractivity contribution in [2.75, 3.05) is 35.6 Å². The molecule has 0 saturated carbocycles. The van der Waals surface area contributed by atoms with E-state index in [9.17, 15) is 9.59 Å². The molecular weight excluding hydrogens is 408 g/mol. The Bertz CT molecular complexity index is 1120. The van der Waals surface area contributed by atoms with Gasteiger partial charge in [0.25, 0.3) is 0 Å². The lowest BCUT2D eigenvalue weighted by Crippen LogP contribution is -2.33. The number of aryl methyl sites for hydroxylation is 2. The zero-order valence-electron chi connectivity index (χ0n) is 17.9. The van der Waals surface area contributed by atoms with Crippen molar-refractivity contribution in [1.82, 2.24) is 14.9 Å². The summed E-state index contributed by atoms with van der Waals surface area (Å²) in [5.74, 6) is 1.70. The Kier molecular flexibility index (Phi) is 6.16. The average Bonchev–Trinajstić information content (AvgIpc) is 3.15. The number of ether oxygens (including phenoxy) is 1. The van der Waals surface area contributed by atoms with Crippen LogP contribution in [0.3, 0.4) is 0 Å². The first-order chi connectivity index (χ1) is 15.4. The first-order valence-electron chi connectivity index (χ1n) is 10.2. The number of rotatable bonds is 7. The molecule has 0 unspecified atom stereocenters. The average molecular weight is 432 g/mol. The number of carbonyl (C=O) groups is 2. The number of hydrogen-bond acceptors (Lipinski definition) is 7. The molecule has 32 heavy (non-hydrogen) atoms. The van der Waals surface area contributed by atoms with Gasteiger partial charge in [0, 0.05) is 23.1 Å². The molecule has 9 heteroatoms. The van der Waals surface area contributed by atoms with E-state index in [2.05, 4.69) is 25.9 Å². The summed E-state index contributed by atoms with van der Waals surface area (Å²) < 4.78 is 4.83. The molecule has 2 aromatic carbocycles. The summed E-state index contributed by atoms with van der Waals surface area (Å²) in [4.78, 5) is 33.8. The summed E-state index contributed by atoms with van der Waals surface area (Å²) >= 11 is 0. The van der Waals surface area contributed by atoms with E-state index in [4.69, 9.17) is 4.74 Å². The van der Waals surface area contributed by atoms with E-state index in [1.165, 1.54) is 10.5 Å². The summed E-state index contributed by atoms with van der Waals surface area (Å²) in [5, 5.41) is 9.32. The topological polar surface area (TPSA) is 108 Å². The maximum absolute atomic E-state index is 12.1. The molecule has 3 aromatic rings. The van der Waals surface area contributed by atoms with Gasteiger partial charge in [0.15, 0.2) is 0 Å². The fourth-order valence-corrected chi connectivity index (χ4v) is 3.21. The number of nitrogens with zero attached hydrogens (tertiary/aromatic N) is 3. The molecule has 4 rings (SSSR count). The summed E-state index contributed by atoms with van der Waals surface area (Å²) in [6.45, 7) is 4.59. The Morgan fingerprint density at radius 2 is 1.50 bits per heavy atom. The molecule has 1 aliphatic rings. The van der Waals surface area contributed by atoms with E-state index in [1.807, 2.05) is 56.3 Å². The summed E-state index contributed by atoms with van der Waals surface area (Å²) in [6.07, 6.45) is -0.462. The second kappa shape index (κ2) is 9.34. The third-order valence-electron chi connectivity index (χ3n) is 4.78. The summed E-state index contributed by atoms with van der Waals surface area (Å²) in [7, 11) is 0.